The average Bonchev–Trinajstić information content (AvgIpc) is 2.36. The lowest BCUT2D eigenvalue weighted by Crippen LogP contribution is -2.26. The molecule has 98 valence electrons. The second kappa shape index (κ2) is 7.45. The molecule has 0 atom stereocenters. The van der Waals surface area contributed by atoms with E-state index in [9.17, 15) is 9.59 Å². The third-order valence-corrected chi connectivity index (χ3v) is 1.99. The third kappa shape index (κ3) is 4.97. The van der Waals surface area contributed by atoms with Crippen molar-refractivity contribution in [3.05, 3.63) is 29.8 Å². The van der Waals surface area contributed by atoms with Crippen LogP contribution in [0, 0.1) is 0 Å². The minimum absolute atomic E-state index is 0.0824. The topological polar surface area (TPSA) is 64.6 Å². The number of carbonyl (C=O) groups is 2. The fourth-order valence-electron chi connectivity index (χ4n) is 1.18. The highest BCUT2D eigenvalue weighted by Crippen LogP contribution is 2.13. The van der Waals surface area contributed by atoms with E-state index >= 15 is 0 Å². The van der Waals surface area contributed by atoms with Gasteiger partial charge in [-0.1, -0.05) is 6.07 Å². The molecule has 0 aromatic heterocycles. The van der Waals surface area contributed by atoms with Gasteiger partial charge in [0.05, 0.1) is 12.7 Å². The summed E-state index contributed by atoms with van der Waals surface area (Å²) in [5, 5.41) is 0. The minimum Gasteiger partial charge on any atom is -0.493 e. The summed E-state index contributed by atoms with van der Waals surface area (Å²) < 4.78 is 5.31. The number of hydrogen-bond acceptors (Lipinski definition) is 4. The highest BCUT2D eigenvalue weighted by Gasteiger charge is 2.07. The maximum atomic E-state index is 11.7. The van der Waals surface area contributed by atoms with Gasteiger partial charge in [-0.05, 0) is 32.0 Å². The van der Waals surface area contributed by atoms with Crippen LogP contribution in [0.4, 0.5) is 0 Å². The predicted octanol–water partition coefficient (Wildman–Crippen LogP) is 1.72. The number of ether oxygens (including phenoxy) is 1. The highest BCUT2D eigenvalue weighted by atomic mass is 16.7. The molecule has 0 unspecified atom stereocenters. The second-order valence-corrected chi connectivity index (χ2v) is 3.93. The van der Waals surface area contributed by atoms with Crippen molar-refractivity contribution < 1.29 is 19.2 Å². The number of hydrogen-bond donors (Lipinski definition) is 1. The van der Waals surface area contributed by atoms with E-state index in [2.05, 4.69) is 5.48 Å². The highest BCUT2D eigenvalue weighted by molar-refractivity contribution is 5.93. The smallest absolute Gasteiger partial charge is 0.274 e. The van der Waals surface area contributed by atoms with E-state index in [0.29, 0.717) is 24.3 Å². The molecule has 1 aromatic carbocycles. The lowest BCUT2D eigenvalue weighted by Gasteiger charge is -2.09. The van der Waals surface area contributed by atoms with Crippen molar-refractivity contribution >= 4 is 12.2 Å². The van der Waals surface area contributed by atoms with Crippen molar-refractivity contribution in [2.24, 2.45) is 0 Å². The Hall–Kier alpha value is -1.88. The zero-order valence-corrected chi connectivity index (χ0v) is 10.5. The van der Waals surface area contributed by atoms with Crippen LogP contribution >= 0.6 is 0 Å². The number of amides is 1. The Labute approximate surface area is 106 Å². The molecular weight excluding hydrogens is 234 g/mol. The van der Waals surface area contributed by atoms with E-state index < -0.39 is 0 Å². The Bertz CT molecular complexity index is 404. The summed E-state index contributed by atoms with van der Waals surface area (Å²) in [7, 11) is 0. The van der Waals surface area contributed by atoms with Crippen LogP contribution in [0.5, 0.6) is 5.75 Å². The minimum atomic E-state index is -0.329. The van der Waals surface area contributed by atoms with Crippen LogP contribution in [0.3, 0.4) is 0 Å². The molecule has 1 aromatic rings. The van der Waals surface area contributed by atoms with Gasteiger partial charge in [0.2, 0.25) is 0 Å². The Morgan fingerprint density at radius 3 is 2.89 bits per heavy atom. The average molecular weight is 251 g/mol. The molecule has 18 heavy (non-hydrogen) atoms. The van der Waals surface area contributed by atoms with Crippen molar-refractivity contribution in [1.82, 2.24) is 5.48 Å². The molecule has 0 aliphatic carbocycles. The zero-order chi connectivity index (χ0) is 13.4. The summed E-state index contributed by atoms with van der Waals surface area (Å²) in [5.41, 5.74) is 2.79. The van der Waals surface area contributed by atoms with Gasteiger partial charge in [0.15, 0.2) is 0 Å². The first-order valence-electron chi connectivity index (χ1n) is 5.76. The first kappa shape index (κ1) is 14.2. The quantitative estimate of drug-likeness (QED) is 0.455. The Morgan fingerprint density at radius 2 is 2.22 bits per heavy atom. The number of benzene rings is 1. The summed E-state index contributed by atoms with van der Waals surface area (Å²) in [6.45, 7) is 3.94. The molecule has 1 N–H and O–H groups in total. The molecule has 0 aliphatic rings. The lowest BCUT2D eigenvalue weighted by molar-refractivity contribution is -0.108. The van der Waals surface area contributed by atoms with E-state index in [-0.39, 0.29) is 12.0 Å². The summed E-state index contributed by atoms with van der Waals surface area (Å²) >= 11 is 0. The third-order valence-electron chi connectivity index (χ3n) is 1.99. The molecule has 5 nitrogen and oxygen atoms in total. The lowest BCUT2D eigenvalue weighted by atomic mass is 10.2. The summed E-state index contributed by atoms with van der Waals surface area (Å²) in [6.07, 6.45) is 1.03. The van der Waals surface area contributed by atoms with Gasteiger partial charge in [-0.15, -0.1) is 0 Å². The van der Waals surface area contributed by atoms with Crippen LogP contribution in [-0.2, 0) is 9.63 Å². The first-order chi connectivity index (χ1) is 8.63. The van der Waals surface area contributed by atoms with E-state index in [4.69, 9.17) is 9.57 Å². The monoisotopic (exact) mass is 251 g/mol. The maximum absolute atomic E-state index is 11.7. The Morgan fingerprint density at radius 1 is 1.44 bits per heavy atom. The normalized spacial score (nSPS) is 10.2. The van der Waals surface area contributed by atoms with Gasteiger partial charge in [0.1, 0.15) is 12.0 Å². The first-order valence-corrected chi connectivity index (χ1v) is 5.76. The Balaban J connectivity index is 2.57. The van der Waals surface area contributed by atoms with E-state index in [0.717, 1.165) is 6.29 Å². The van der Waals surface area contributed by atoms with Crippen molar-refractivity contribution in [3.63, 3.8) is 0 Å². The maximum Gasteiger partial charge on any atom is 0.274 e. The number of nitrogens with one attached hydrogen (secondary N) is 1. The Kier molecular flexibility index (Phi) is 5.87. The fourth-order valence-corrected chi connectivity index (χ4v) is 1.18. The molecule has 0 saturated heterocycles. The number of aldehydes is 1. The molecular formula is C13H17NO4. The van der Waals surface area contributed by atoms with Crippen LogP contribution in [0.25, 0.3) is 0 Å². The molecule has 0 fully saturated rings. The molecule has 0 spiro atoms. The van der Waals surface area contributed by atoms with Gasteiger partial charge in [0, 0.05) is 12.0 Å². The number of hydroxylamine groups is 1. The zero-order valence-electron chi connectivity index (χ0n) is 10.5. The molecule has 5 heteroatoms. The van der Waals surface area contributed by atoms with E-state index in [1.165, 1.54) is 0 Å². The summed E-state index contributed by atoms with van der Waals surface area (Å²) in [5.74, 6) is 0.221. The van der Waals surface area contributed by atoms with Gasteiger partial charge in [-0.3, -0.25) is 9.63 Å². The second-order valence-electron chi connectivity index (χ2n) is 3.93. The van der Waals surface area contributed by atoms with Crippen LogP contribution in [0.2, 0.25) is 0 Å². The predicted molar refractivity (Wildman–Crippen MR) is 66.3 cm³/mol. The summed E-state index contributed by atoms with van der Waals surface area (Å²) in [6, 6.07) is 6.70. The molecule has 0 radical (unpaired) electrons. The van der Waals surface area contributed by atoms with Gasteiger partial charge in [-0.2, -0.15) is 0 Å². The molecule has 0 saturated carbocycles. The largest absolute Gasteiger partial charge is 0.493 e. The van der Waals surface area contributed by atoms with Crippen LogP contribution < -0.4 is 10.2 Å². The van der Waals surface area contributed by atoms with Crippen molar-refractivity contribution in [3.8, 4) is 5.75 Å². The van der Waals surface area contributed by atoms with Crippen molar-refractivity contribution in [2.75, 3.05) is 6.61 Å². The molecule has 1 rings (SSSR count). The van der Waals surface area contributed by atoms with E-state index in [1.807, 2.05) is 13.8 Å². The number of rotatable bonds is 7. The van der Waals surface area contributed by atoms with Gasteiger partial charge in [-0.25, -0.2) is 5.48 Å². The van der Waals surface area contributed by atoms with Crippen LogP contribution in [0.15, 0.2) is 24.3 Å². The molecule has 1 amide bonds. The standard InChI is InChI=1S/C13H17NO4/c1-10(2)18-14-13(16)11-5-3-6-12(9-11)17-8-4-7-15/h3,5-7,9-10H,4,8H2,1-2H3,(H,14,16). The molecule has 0 aliphatic heterocycles. The van der Waals surface area contributed by atoms with Gasteiger partial charge < -0.3 is 9.53 Å². The van der Waals surface area contributed by atoms with E-state index in [1.54, 1.807) is 24.3 Å². The van der Waals surface area contributed by atoms with Crippen molar-refractivity contribution in [2.45, 2.75) is 26.4 Å². The van der Waals surface area contributed by atoms with Gasteiger partial charge in [0.25, 0.3) is 5.91 Å². The SMILES string of the molecule is CC(C)ONC(=O)c1cccc(OCCC=O)c1. The summed E-state index contributed by atoms with van der Waals surface area (Å²) in [4.78, 5) is 26.9. The fraction of sp³-hybridized carbons (Fsp3) is 0.385. The van der Waals surface area contributed by atoms with Gasteiger partial charge >= 0.3 is 0 Å². The van der Waals surface area contributed by atoms with Crippen molar-refractivity contribution in [1.29, 1.82) is 0 Å². The van der Waals surface area contributed by atoms with Crippen LogP contribution in [0.1, 0.15) is 30.6 Å². The number of carbonyl (C=O) groups excluding carboxylic acids is 2. The molecule has 0 heterocycles. The molecule has 0 bridgehead atoms. The van der Waals surface area contributed by atoms with Crippen LogP contribution in [-0.4, -0.2) is 24.9 Å².